The zero-order valence-corrected chi connectivity index (χ0v) is 11.3. The maximum Gasteiger partial charge on any atom is 0.295 e. The Balaban J connectivity index is 2.75. The predicted molar refractivity (Wildman–Crippen MR) is 66.1 cm³/mol. The highest BCUT2D eigenvalue weighted by molar-refractivity contribution is 9.25. The first-order valence-corrected chi connectivity index (χ1v) is 6.07. The van der Waals surface area contributed by atoms with Crippen LogP contribution in [0.1, 0.15) is 11.6 Å². The number of halogens is 3. The Labute approximate surface area is 109 Å². The van der Waals surface area contributed by atoms with Gasteiger partial charge in [-0.1, -0.05) is 30.3 Å². The van der Waals surface area contributed by atoms with E-state index in [0.29, 0.717) is 5.56 Å². The number of carbonyl (C=O) groups is 1. The molecule has 0 unspecified atom stereocenters. The Bertz CT molecular complexity index is 354. The Morgan fingerprint density at radius 3 is 2.44 bits per heavy atom. The van der Waals surface area contributed by atoms with Gasteiger partial charge in [-0.25, -0.2) is 4.39 Å². The van der Waals surface area contributed by atoms with E-state index >= 15 is 0 Å². The lowest BCUT2D eigenvalue weighted by Gasteiger charge is -2.19. The van der Waals surface area contributed by atoms with Gasteiger partial charge in [0.05, 0.1) is 12.6 Å². The standard InChI is InChI=1S/C10H10Br2FNO2/c11-10(12,13)9(16)14-8(6-15)7-4-2-1-3-5-7/h1-5,8,15H,6H2,(H,14,16)/t8-/m1/s1. The summed E-state index contributed by atoms with van der Waals surface area (Å²) in [5.41, 5.74) is 0.711. The number of hydrogen-bond acceptors (Lipinski definition) is 2. The van der Waals surface area contributed by atoms with Gasteiger partial charge >= 0.3 is 0 Å². The third-order valence-corrected chi connectivity index (χ3v) is 2.67. The number of aliphatic hydroxyl groups is 1. The van der Waals surface area contributed by atoms with Gasteiger partial charge in [0.25, 0.3) is 9.39 Å². The number of rotatable bonds is 4. The van der Waals surface area contributed by atoms with Crippen molar-refractivity contribution in [2.24, 2.45) is 0 Å². The zero-order chi connectivity index (χ0) is 12.2. The molecule has 0 heterocycles. The fourth-order valence-corrected chi connectivity index (χ4v) is 1.39. The minimum Gasteiger partial charge on any atom is -0.394 e. The second kappa shape index (κ2) is 5.75. The van der Waals surface area contributed by atoms with Crippen LogP contribution in [0.5, 0.6) is 0 Å². The molecule has 1 aromatic carbocycles. The molecule has 1 atom stereocenters. The molecule has 88 valence electrons. The minimum atomic E-state index is -2.32. The normalized spacial score (nSPS) is 13.2. The quantitative estimate of drug-likeness (QED) is 0.815. The number of benzene rings is 1. The summed E-state index contributed by atoms with van der Waals surface area (Å²) in [6.45, 7) is -0.300. The summed E-state index contributed by atoms with van der Waals surface area (Å²) in [7, 11) is 0. The summed E-state index contributed by atoms with van der Waals surface area (Å²) in [5, 5.41) is 11.5. The Morgan fingerprint density at radius 2 is 2.00 bits per heavy atom. The van der Waals surface area contributed by atoms with Crippen LogP contribution in [0.15, 0.2) is 30.3 Å². The van der Waals surface area contributed by atoms with E-state index in [2.05, 4.69) is 37.2 Å². The van der Waals surface area contributed by atoms with Crippen molar-refractivity contribution in [3.63, 3.8) is 0 Å². The average molecular weight is 355 g/mol. The summed E-state index contributed by atoms with van der Waals surface area (Å²) in [6.07, 6.45) is 0. The molecule has 1 rings (SSSR count). The smallest absolute Gasteiger partial charge is 0.295 e. The van der Waals surface area contributed by atoms with E-state index in [-0.39, 0.29) is 6.61 Å². The minimum absolute atomic E-state index is 0.300. The molecule has 0 bridgehead atoms. The van der Waals surface area contributed by atoms with Gasteiger partial charge in [-0.2, -0.15) is 0 Å². The molecule has 0 aliphatic carbocycles. The number of carbonyl (C=O) groups excluding carboxylic acids is 1. The molecule has 0 saturated carbocycles. The van der Waals surface area contributed by atoms with Gasteiger partial charge in [0.1, 0.15) is 0 Å². The molecule has 0 radical (unpaired) electrons. The molecule has 0 aliphatic heterocycles. The second-order valence-corrected chi connectivity index (χ2v) is 6.37. The summed E-state index contributed by atoms with van der Waals surface area (Å²) < 4.78 is 10.8. The molecule has 2 N–H and O–H groups in total. The molecule has 3 nitrogen and oxygen atoms in total. The van der Waals surface area contributed by atoms with Crippen LogP contribution in [-0.2, 0) is 4.79 Å². The maximum absolute atomic E-state index is 13.1. The first kappa shape index (κ1) is 13.6. The molecule has 0 fully saturated rings. The van der Waals surface area contributed by atoms with Crippen LogP contribution in [-0.4, -0.2) is 21.1 Å². The Morgan fingerprint density at radius 1 is 1.44 bits per heavy atom. The molecule has 16 heavy (non-hydrogen) atoms. The molecule has 0 aliphatic rings. The predicted octanol–water partition coefficient (Wildman–Crippen LogP) is 2.25. The van der Waals surface area contributed by atoms with Gasteiger partial charge in [0.15, 0.2) is 0 Å². The number of hydrogen-bond donors (Lipinski definition) is 2. The van der Waals surface area contributed by atoms with E-state index < -0.39 is 15.4 Å². The first-order chi connectivity index (χ1) is 7.45. The van der Waals surface area contributed by atoms with Gasteiger partial charge in [0, 0.05) is 0 Å². The van der Waals surface area contributed by atoms with Crippen LogP contribution in [0.3, 0.4) is 0 Å². The fourth-order valence-electron chi connectivity index (χ4n) is 1.16. The largest absolute Gasteiger partial charge is 0.394 e. The summed E-state index contributed by atoms with van der Waals surface area (Å²) in [5.74, 6) is -0.893. The van der Waals surface area contributed by atoms with Crippen molar-refractivity contribution < 1.29 is 14.3 Å². The Kier molecular flexibility index (Phi) is 4.89. The third kappa shape index (κ3) is 3.84. The van der Waals surface area contributed by atoms with Crippen LogP contribution in [0.25, 0.3) is 0 Å². The molecule has 0 saturated heterocycles. The van der Waals surface area contributed by atoms with Gasteiger partial charge < -0.3 is 10.4 Å². The van der Waals surface area contributed by atoms with Crippen LogP contribution >= 0.6 is 31.9 Å². The molecule has 1 amide bonds. The van der Waals surface area contributed by atoms with Crippen molar-refractivity contribution in [2.45, 2.75) is 9.53 Å². The lowest BCUT2D eigenvalue weighted by atomic mass is 10.1. The van der Waals surface area contributed by atoms with E-state index in [9.17, 15) is 9.18 Å². The number of amides is 1. The number of aliphatic hydroxyl groups excluding tert-OH is 1. The van der Waals surface area contributed by atoms with E-state index in [0.717, 1.165) is 0 Å². The molecular weight excluding hydrogens is 345 g/mol. The Hall–Kier alpha value is -0.460. The summed E-state index contributed by atoms with van der Waals surface area (Å²) in [4.78, 5) is 11.3. The fraction of sp³-hybridized carbons (Fsp3) is 0.300. The van der Waals surface area contributed by atoms with Gasteiger partial charge in [-0.05, 0) is 37.4 Å². The molecule has 0 spiro atoms. The van der Waals surface area contributed by atoms with E-state index in [1.54, 1.807) is 24.3 Å². The topological polar surface area (TPSA) is 49.3 Å². The lowest BCUT2D eigenvalue weighted by molar-refractivity contribution is -0.124. The number of alkyl halides is 3. The summed E-state index contributed by atoms with van der Waals surface area (Å²) >= 11 is 5.06. The SMILES string of the molecule is O=C(N[C@H](CO)c1ccccc1)C(F)(Br)Br. The van der Waals surface area contributed by atoms with E-state index in [1.807, 2.05) is 6.07 Å². The molecule has 6 heteroatoms. The summed E-state index contributed by atoms with van der Waals surface area (Å²) in [6, 6.07) is 8.21. The average Bonchev–Trinajstić information content (AvgIpc) is 2.25. The lowest BCUT2D eigenvalue weighted by Crippen LogP contribution is -2.38. The van der Waals surface area contributed by atoms with Crippen molar-refractivity contribution in [3.8, 4) is 0 Å². The monoisotopic (exact) mass is 353 g/mol. The molecular formula is C10H10Br2FNO2. The van der Waals surface area contributed by atoms with Crippen LogP contribution in [0, 0.1) is 0 Å². The van der Waals surface area contributed by atoms with Crippen molar-refractivity contribution >= 4 is 37.8 Å². The molecule has 0 aromatic heterocycles. The first-order valence-electron chi connectivity index (χ1n) is 4.48. The molecule has 1 aromatic rings. The van der Waals surface area contributed by atoms with E-state index in [4.69, 9.17) is 5.11 Å². The van der Waals surface area contributed by atoms with Gasteiger partial charge in [-0.3, -0.25) is 4.79 Å². The van der Waals surface area contributed by atoms with E-state index in [1.165, 1.54) is 0 Å². The maximum atomic E-state index is 13.1. The van der Waals surface area contributed by atoms with Gasteiger partial charge in [-0.15, -0.1) is 0 Å². The van der Waals surface area contributed by atoms with Crippen molar-refractivity contribution in [2.75, 3.05) is 6.61 Å². The van der Waals surface area contributed by atoms with Crippen molar-refractivity contribution in [1.29, 1.82) is 0 Å². The van der Waals surface area contributed by atoms with Crippen molar-refractivity contribution in [3.05, 3.63) is 35.9 Å². The van der Waals surface area contributed by atoms with Crippen molar-refractivity contribution in [1.82, 2.24) is 5.32 Å². The third-order valence-electron chi connectivity index (χ3n) is 1.95. The van der Waals surface area contributed by atoms with Crippen LogP contribution in [0.4, 0.5) is 4.39 Å². The van der Waals surface area contributed by atoms with Crippen LogP contribution < -0.4 is 5.32 Å². The van der Waals surface area contributed by atoms with Crippen LogP contribution in [0.2, 0.25) is 0 Å². The highest BCUT2D eigenvalue weighted by atomic mass is 79.9. The zero-order valence-electron chi connectivity index (χ0n) is 8.16. The highest BCUT2D eigenvalue weighted by Crippen LogP contribution is 2.28. The van der Waals surface area contributed by atoms with Gasteiger partial charge in [0.2, 0.25) is 0 Å². The number of nitrogens with one attached hydrogen (secondary N) is 1. The second-order valence-electron chi connectivity index (χ2n) is 3.12. The highest BCUT2D eigenvalue weighted by Gasteiger charge is 2.33.